The summed E-state index contributed by atoms with van der Waals surface area (Å²) in [4.78, 5) is 0. The van der Waals surface area contributed by atoms with Gasteiger partial charge >= 0.3 is 0 Å². The van der Waals surface area contributed by atoms with Crippen LogP contribution in [0.15, 0.2) is 12.1 Å². The van der Waals surface area contributed by atoms with Gasteiger partial charge in [0.15, 0.2) is 0 Å². The Morgan fingerprint density at radius 2 is 1.77 bits per heavy atom. The maximum Gasteiger partial charge on any atom is 0.137 e. The molecule has 1 rings (SSSR count). The molecule has 0 atom stereocenters. The average Bonchev–Trinajstić information content (AvgIpc) is 2.12. The zero-order valence-electron chi connectivity index (χ0n) is 8.68. The van der Waals surface area contributed by atoms with Crippen LogP contribution in [0.4, 0.5) is 0 Å². The first-order valence-electron chi connectivity index (χ1n) is 4.65. The SMILES string of the molecule is Cc1ccc(C)c(OCC[NH3+])c1C. The highest BCUT2D eigenvalue weighted by molar-refractivity contribution is 5.44. The first kappa shape index (κ1) is 10.1. The number of quaternary nitrogens is 1. The summed E-state index contributed by atoms with van der Waals surface area (Å²) in [6.45, 7) is 7.79. The van der Waals surface area contributed by atoms with Crippen LogP contribution in [0.5, 0.6) is 5.75 Å². The largest absolute Gasteiger partial charge is 0.487 e. The highest BCUT2D eigenvalue weighted by atomic mass is 16.5. The van der Waals surface area contributed by atoms with Crippen LogP contribution in [-0.4, -0.2) is 13.2 Å². The van der Waals surface area contributed by atoms with Crippen molar-refractivity contribution in [3.8, 4) is 5.75 Å². The van der Waals surface area contributed by atoms with Crippen LogP contribution >= 0.6 is 0 Å². The molecule has 0 amide bonds. The van der Waals surface area contributed by atoms with Gasteiger partial charge in [0.05, 0.1) is 0 Å². The summed E-state index contributed by atoms with van der Waals surface area (Å²) < 4.78 is 5.64. The van der Waals surface area contributed by atoms with Crippen LogP contribution in [0.25, 0.3) is 0 Å². The Balaban J connectivity index is 2.96. The van der Waals surface area contributed by atoms with Gasteiger partial charge in [-0.15, -0.1) is 0 Å². The molecule has 0 saturated carbocycles. The predicted octanol–water partition coefficient (Wildman–Crippen LogP) is 1.23. The minimum absolute atomic E-state index is 0.700. The summed E-state index contributed by atoms with van der Waals surface area (Å²) in [5, 5.41) is 0. The highest BCUT2D eigenvalue weighted by Gasteiger charge is 2.05. The molecule has 1 aromatic carbocycles. The lowest BCUT2D eigenvalue weighted by atomic mass is 10.1. The molecule has 72 valence electrons. The Morgan fingerprint density at radius 3 is 2.38 bits per heavy atom. The number of hydrogen-bond acceptors (Lipinski definition) is 1. The Morgan fingerprint density at radius 1 is 1.15 bits per heavy atom. The number of hydrogen-bond donors (Lipinski definition) is 1. The second-order valence-electron chi connectivity index (χ2n) is 3.36. The quantitative estimate of drug-likeness (QED) is 0.746. The van der Waals surface area contributed by atoms with E-state index < -0.39 is 0 Å². The van der Waals surface area contributed by atoms with Gasteiger partial charge in [0, 0.05) is 0 Å². The summed E-state index contributed by atoms with van der Waals surface area (Å²) in [6, 6.07) is 4.22. The van der Waals surface area contributed by atoms with Gasteiger partial charge in [0.2, 0.25) is 0 Å². The van der Waals surface area contributed by atoms with E-state index in [2.05, 4.69) is 38.6 Å². The molecule has 0 radical (unpaired) electrons. The van der Waals surface area contributed by atoms with Crippen molar-refractivity contribution in [3.63, 3.8) is 0 Å². The van der Waals surface area contributed by atoms with E-state index in [1.54, 1.807) is 0 Å². The maximum absolute atomic E-state index is 5.64. The summed E-state index contributed by atoms with van der Waals surface area (Å²) >= 11 is 0. The molecule has 0 aromatic heterocycles. The van der Waals surface area contributed by atoms with E-state index in [1.165, 1.54) is 16.7 Å². The van der Waals surface area contributed by atoms with Gasteiger partial charge in [-0.2, -0.15) is 0 Å². The number of aryl methyl sites for hydroxylation is 2. The zero-order chi connectivity index (χ0) is 9.84. The first-order valence-corrected chi connectivity index (χ1v) is 4.65. The fourth-order valence-electron chi connectivity index (χ4n) is 1.32. The van der Waals surface area contributed by atoms with Crippen LogP contribution < -0.4 is 10.5 Å². The van der Waals surface area contributed by atoms with Crippen molar-refractivity contribution >= 4 is 0 Å². The van der Waals surface area contributed by atoms with E-state index in [4.69, 9.17) is 4.74 Å². The third-order valence-electron chi connectivity index (χ3n) is 2.26. The molecular formula is C11H18NO+. The van der Waals surface area contributed by atoms with E-state index in [-0.39, 0.29) is 0 Å². The molecule has 0 saturated heterocycles. The normalized spacial score (nSPS) is 10.2. The number of benzene rings is 1. The van der Waals surface area contributed by atoms with Gasteiger partial charge in [-0.1, -0.05) is 12.1 Å². The summed E-state index contributed by atoms with van der Waals surface area (Å²) in [6.07, 6.45) is 0. The van der Waals surface area contributed by atoms with E-state index >= 15 is 0 Å². The van der Waals surface area contributed by atoms with Gasteiger partial charge in [0.1, 0.15) is 18.9 Å². The third-order valence-corrected chi connectivity index (χ3v) is 2.26. The lowest BCUT2D eigenvalue weighted by Crippen LogP contribution is -2.52. The van der Waals surface area contributed by atoms with Crippen LogP contribution in [0.3, 0.4) is 0 Å². The molecule has 0 spiro atoms. The van der Waals surface area contributed by atoms with Gasteiger partial charge in [-0.3, -0.25) is 0 Å². The molecule has 0 unspecified atom stereocenters. The van der Waals surface area contributed by atoms with Crippen molar-refractivity contribution in [3.05, 3.63) is 28.8 Å². The lowest BCUT2D eigenvalue weighted by molar-refractivity contribution is -0.370. The fourth-order valence-corrected chi connectivity index (χ4v) is 1.32. The zero-order valence-corrected chi connectivity index (χ0v) is 8.68. The Labute approximate surface area is 79.7 Å². The molecule has 0 heterocycles. The van der Waals surface area contributed by atoms with Gasteiger partial charge in [-0.05, 0) is 37.5 Å². The smallest absolute Gasteiger partial charge is 0.137 e. The molecule has 13 heavy (non-hydrogen) atoms. The summed E-state index contributed by atoms with van der Waals surface area (Å²) in [5.74, 6) is 1.03. The first-order chi connectivity index (χ1) is 6.16. The molecule has 1 aromatic rings. The monoisotopic (exact) mass is 180 g/mol. The number of rotatable bonds is 3. The Bertz CT molecular complexity index is 294. The van der Waals surface area contributed by atoms with Crippen molar-refractivity contribution in [1.29, 1.82) is 0 Å². The molecule has 0 aliphatic carbocycles. The fraction of sp³-hybridized carbons (Fsp3) is 0.455. The standard InChI is InChI=1S/C11H17NO/c1-8-4-5-9(2)11(10(8)3)13-7-6-12/h4-5H,6-7,12H2,1-3H3/p+1. The van der Waals surface area contributed by atoms with Crippen molar-refractivity contribution in [2.24, 2.45) is 0 Å². The molecule has 0 aliphatic rings. The van der Waals surface area contributed by atoms with Crippen molar-refractivity contribution in [1.82, 2.24) is 0 Å². The van der Waals surface area contributed by atoms with Crippen molar-refractivity contribution in [2.45, 2.75) is 20.8 Å². The van der Waals surface area contributed by atoms with Crippen LogP contribution in [0, 0.1) is 20.8 Å². The van der Waals surface area contributed by atoms with Gasteiger partial charge in [0.25, 0.3) is 0 Å². The van der Waals surface area contributed by atoms with E-state index in [0.29, 0.717) is 6.61 Å². The minimum Gasteiger partial charge on any atom is -0.487 e. The topological polar surface area (TPSA) is 36.9 Å². The molecule has 3 N–H and O–H groups in total. The second-order valence-corrected chi connectivity index (χ2v) is 3.36. The number of ether oxygens (including phenoxy) is 1. The molecule has 2 nitrogen and oxygen atoms in total. The summed E-state index contributed by atoms with van der Waals surface area (Å²) in [5.41, 5.74) is 7.49. The molecule has 0 fully saturated rings. The van der Waals surface area contributed by atoms with E-state index in [9.17, 15) is 0 Å². The Kier molecular flexibility index (Phi) is 3.32. The third kappa shape index (κ3) is 2.22. The molecule has 2 heteroatoms. The van der Waals surface area contributed by atoms with Crippen molar-refractivity contribution < 1.29 is 10.5 Å². The van der Waals surface area contributed by atoms with Crippen LogP contribution in [0.2, 0.25) is 0 Å². The van der Waals surface area contributed by atoms with Crippen LogP contribution in [-0.2, 0) is 0 Å². The second kappa shape index (κ2) is 4.28. The summed E-state index contributed by atoms with van der Waals surface area (Å²) in [7, 11) is 0. The van der Waals surface area contributed by atoms with Crippen LogP contribution in [0.1, 0.15) is 16.7 Å². The molecular weight excluding hydrogens is 162 g/mol. The maximum atomic E-state index is 5.64. The highest BCUT2D eigenvalue weighted by Crippen LogP contribution is 2.25. The van der Waals surface area contributed by atoms with E-state index in [1.807, 2.05) is 0 Å². The van der Waals surface area contributed by atoms with Gasteiger partial charge < -0.3 is 10.5 Å². The minimum atomic E-state index is 0.700. The Hall–Kier alpha value is -1.02. The predicted molar refractivity (Wildman–Crippen MR) is 53.9 cm³/mol. The van der Waals surface area contributed by atoms with Crippen molar-refractivity contribution in [2.75, 3.05) is 13.2 Å². The lowest BCUT2D eigenvalue weighted by Gasteiger charge is -2.12. The van der Waals surface area contributed by atoms with Gasteiger partial charge in [-0.25, -0.2) is 0 Å². The molecule has 0 aliphatic heterocycles. The average molecular weight is 180 g/mol. The van der Waals surface area contributed by atoms with E-state index in [0.717, 1.165) is 12.3 Å². The molecule has 0 bridgehead atoms.